The minimum absolute atomic E-state index is 0.0974. The number of phenols is 1. The molecule has 2 rings (SSSR count). The summed E-state index contributed by atoms with van der Waals surface area (Å²) in [6.07, 6.45) is -2.82. The maximum atomic E-state index is 13.3. The number of carbonyl (C=O) groups is 1. The zero-order valence-corrected chi connectivity index (χ0v) is 11.7. The molecule has 4 nitrogen and oxygen atoms in total. The topological polar surface area (TPSA) is 73.1 Å². The van der Waals surface area contributed by atoms with Gasteiger partial charge in [-0.25, -0.2) is 0 Å². The molecule has 7 heteroatoms. The summed E-state index contributed by atoms with van der Waals surface area (Å²) in [6, 6.07) is 1.74. The minimum Gasteiger partial charge on any atom is -0.507 e. The Morgan fingerprint density at radius 2 is 2.09 bits per heavy atom. The Kier molecular flexibility index (Phi) is 3.88. The van der Waals surface area contributed by atoms with Crippen LogP contribution < -0.4 is 5.32 Å². The van der Waals surface area contributed by atoms with Crippen LogP contribution in [0.2, 0.25) is 0 Å². The molecule has 1 aliphatic carbocycles. The second-order valence-electron chi connectivity index (χ2n) is 5.09. The second-order valence-corrected chi connectivity index (χ2v) is 5.09. The average molecular weight is 310 g/mol. The Bertz CT molecular complexity index is 698. The first-order valence-electron chi connectivity index (χ1n) is 6.52. The highest BCUT2D eigenvalue weighted by atomic mass is 19.4. The highest BCUT2D eigenvalue weighted by Gasteiger charge is 2.44. The summed E-state index contributed by atoms with van der Waals surface area (Å²) in [5, 5.41) is 21.6. The van der Waals surface area contributed by atoms with E-state index < -0.39 is 29.3 Å². The number of rotatable bonds is 3. The van der Waals surface area contributed by atoms with Crippen LogP contribution in [-0.2, 0) is 11.0 Å². The van der Waals surface area contributed by atoms with Crippen LogP contribution in [0.1, 0.15) is 41.0 Å². The maximum absolute atomic E-state index is 13.3. The molecule has 1 saturated carbocycles. The van der Waals surface area contributed by atoms with Crippen LogP contribution in [0.25, 0.3) is 0 Å². The van der Waals surface area contributed by atoms with Crippen LogP contribution >= 0.6 is 0 Å². The molecule has 1 aliphatic rings. The average Bonchev–Trinajstić information content (AvgIpc) is 3.26. The van der Waals surface area contributed by atoms with Crippen LogP contribution in [0, 0.1) is 18.3 Å². The van der Waals surface area contributed by atoms with E-state index in [4.69, 9.17) is 0 Å². The van der Waals surface area contributed by atoms with E-state index in [2.05, 4.69) is 11.9 Å². The molecule has 0 spiro atoms. The molecule has 22 heavy (non-hydrogen) atoms. The SMILES string of the molecule is C=CC(=O)Nc1c(C)c(O)c(C(F)(F)F)c(C2CC2)c1C#N. The fraction of sp³-hybridized carbons (Fsp3) is 0.333. The van der Waals surface area contributed by atoms with Crippen molar-refractivity contribution in [2.24, 2.45) is 0 Å². The molecule has 1 amide bonds. The number of amides is 1. The molecule has 0 aromatic heterocycles. The van der Waals surface area contributed by atoms with Crippen molar-refractivity contribution in [3.63, 3.8) is 0 Å². The number of alkyl halides is 3. The molecule has 116 valence electrons. The molecule has 0 bridgehead atoms. The molecule has 2 N–H and O–H groups in total. The predicted molar refractivity (Wildman–Crippen MR) is 73.4 cm³/mol. The van der Waals surface area contributed by atoms with Gasteiger partial charge in [-0.2, -0.15) is 18.4 Å². The summed E-state index contributed by atoms with van der Waals surface area (Å²) in [7, 11) is 0. The van der Waals surface area contributed by atoms with E-state index in [1.54, 1.807) is 6.07 Å². The van der Waals surface area contributed by atoms with Gasteiger partial charge in [-0.15, -0.1) is 0 Å². The van der Waals surface area contributed by atoms with Gasteiger partial charge in [0.05, 0.1) is 11.3 Å². The lowest BCUT2D eigenvalue weighted by atomic mass is 9.91. The highest BCUT2D eigenvalue weighted by Crippen LogP contribution is 2.53. The standard InChI is InChI=1S/C15H13F3N2O2/c1-3-10(21)20-13-7(2)14(22)12(15(16,17)18)11(8-4-5-8)9(13)6-19/h3,8,22H,1,4-5H2,2H3,(H,20,21). The smallest absolute Gasteiger partial charge is 0.420 e. The zero-order valence-electron chi connectivity index (χ0n) is 11.7. The van der Waals surface area contributed by atoms with Gasteiger partial charge in [0, 0.05) is 5.56 Å². The summed E-state index contributed by atoms with van der Waals surface area (Å²) in [5.41, 5.74) is -1.96. The monoisotopic (exact) mass is 310 g/mol. The van der Waals surface area contributed by atoms with Crippen molar-refractivity contribution in [3.05, 3.63) is 34.9 Å². The highest BCUT2D eigenvalue weighted by molar-refractivity contribution is 6.01. The van der Waals surface area contributed by atoms with Crippen molar-refractivity contribution >= 4 is 11.6 Å². The number of hydrogen-bond acceptors (Lipinski definition) is 3. The molecule has 1 aromatic rings. The lowest BCUT2D eigenvalue weighted by Gasteiger charge is -2.21. The molecule has 0 radical (unpaired) electrons. The molecule has 0 aliphatic heterocycles. The zero-order chi connectivity index (χ0) is 16.7. The molecule has 0 heterocycles. The van der Waals surface area contributed by atoms with E-state index in [1.165, 1.54) is 6.92 Å². The number of anilines is 1. The largest absolute Gasteiger partial charge is 0.507 e. The molecule has 0 unspecified atom stereocenters. The van der Waals surface area contributed by atoms with Gasteiger partial charge in [0.1, 0.15) is 17.4 Å². The minimum atomic E-state index is -4.78. The van der Waals surface area contributed by atoms with Gasteiger partial charge >= 0.3 is 6.18 Å². The van der Waals surface area contributed by atoms with E-state index in [0.717, 1.165) is 6.08 Å². The summed E-state index contributed by atoms with van der Waals surface area (Å²) in [5.74, 6) is -2.05. The van der Waals surface area contributed by atoms with E-state index in [9.17, 15) is 28.3 Å². The predicted octanol–water partition coefficient (Wildman–Crippen LogP) is 3.59. The first-order chi connectivity index (χ1) is 10.2. The van der Waals surface area contributed by atoms with Gasteiger partial charge in [0.15, 0.2) is 0 Å². The number of carbonyl (C=O) groups excluding carboxylic acids is 1. The Morgan fingerprint density at radius 1 is 1.50 bits per heavy atom. The van der Waals surface area contributed by atoms with Gasteiger partial charge in [-0.05, 0) is 37.3 Å². The first kappa shape index (κ1) is 15.9. The lowest BCUT2D eigenvalue weighted by Crippen LogP contribution is -2.16. The van der Waals surface area contributed by atoms with Crippen LogP contribution in [0.3, 0.4) is 0 Å². The van der Waals surface area contributed by atoms with Gasteiger partial charge in [0.25, 0.3) is 0 Å². The maximum Gasteiger partial charge on any atom is 0.420 e. The fourth-order valence-corrected chi connectivity index (χ4v) is 2.39. The number of halogens is 3. The van der Waals surface area contributed by atoms with Crippen molar-refractivity contribution in [1.82, 2.24) is 0 Å². The van der Waals surface area contributed by atoms with Gasteiger partial charge in [-0.1, -0.05) is 6.58 Å². The Hall–Kier alpha value is -2.49. The van der Waals surface area contributed by atoms with E-state index >= 15 is 0 Å². The van der Waals surface area contributed by atoms with Gasteiger partial charge in [-0.3, -0.25) is 4.79 Å². The molecular formula is C15H13F3N2O2. The Balaban J connectivity index is 2.81. The van der Waals surface area contributed by atoms with E-state index in [-0.39, 0.29) is 22.4 Å². The van der Waals surface area contributed by atoms with Gasteiger partial charge < -0.3 is 10.4 Å². The number of nitrogens with one attached hydrogen (secondary N) is 1. The number of benzene rings is 1. The number of hydrogen-bond donors (Lipinski definition) is 2. The summed E-state index contributed by atoms with van der Waals surface area (Å²) in [4.78, 5) is 11.4. The summed E-state index contributed by atoms with van der Waals surface area (Å²) < 4.78 is 39.8. The Morgan fingerprint density at radius 3 is 2.50 bits per heavy atom. The first-order valence-corrected chi connectivity index (χ1v) is 6.52. The summed E-state index contributed by atoms with van der Waals surface area (Å²) in [6.45, 7) is 4.48. The summed E-state index contributed by atoms with van der Waals surface area (Å²) >= 11 is 0. The van der Waals surface area contributed by atoms with E-state index in [0.29, 0.717) is 12.8 Å². The van der Waals surface area contributed by atoms with Crippen LogP contribution in [0.5, 0.6) is 5.75 Å². The van der Waals surface area contributed by atoms with Crippen LogP contribution in [0.15, 0.2) is 12.7 Å². The molecule has 0 saturated heterocycles. The number of phenolic OH excluding ortho intramolecular Hbond substituents is 1. The molecule has 1 fully saturated rings. The third-order valence-electron chi connectivity index (χ3n) is 3.57. The van der Waals surface area contributed by atoms with Crippen LogP contribution in [-0.4, -0.2) is 11.0 Å². The lowest BCUT2D eigenvalue weighted by molar-refractivity contribution is -0.139. The van der Waals surface area contributed by atoms with Crippen molar-refractivity contribution in [2.75, 3.05) is 5.32 Å². The molecule has 1 aromatic carbocycles. The normalized spacial score (nSPS) is 14.3. The molecular weight excluding hydrogens is 297 g/mol. The fourth-order valence-electron chi connectivity index (χ4n) is 2.39. The third-order valence-corrected chi connectivity index (χ3v) is 3.57. The van der Waals surface area contributed by atoms with Gasteiger partial charge in [0.2, 0.25) is 5.91 Å². The molecule has 0 atom stereocenters. The quantitative estimate of drug-likeness (QED) is 0.838. The van der Waals surface area contributed by atoms with Crippen LogP contribution in [0.4, 0.5) is 18.9 Å². The number of nitrogens with zero attached hydrogens (tertiary/aromatic N) is 1. The Labute approximate surface area is 124 Å². The van der Waals surface area contributed by atoms with Crippen molar-refractivity contribution in [1.29, 1.82) is 5.26 Å². The second kappa shape index (κ2) is 5.37. The van der Waals surface area contributed by atoms with Crippen molar-refractivity contribution < 1.29 is 23.1 Å². The third kappa shape index (κ3) is 2.64. The van der Waals surface area contributed by atoms with Crippen molar-refractivity contribution in [2.45, 2.75) is 31.9 Å². The number of nitriles is 1. The van der Waals surface area contributed by atoms with E-state index in [1.807, 2.05) is 0 Å². The number of aromatic hydroxyl groups is 1. The van der Waals surface area contributed by atoms with Crippen molar-refractivity contribution in [3.8, 4) is 11.8 Å².